The molecule has 1 aliphatic heterocycles. The van der Waals surface area contributed by atoms with Crippen LogP contribution in [0.5, 0.6) is 5.75 Å². The monoisotopic (exact) mass is 378 g/mol. The number of morpholine rings is 1. The molecular formula is C21H34N2O4. The predicted octanol–water partition coefficient (Wildman–Crippen LogP) is 3.32. The Balaban J connectivity index is 1.74. The molecule has 1 atom stereocenters. The molecule has 0 aliphatic carbocycles. The highest BCUT2D eigenvalue weighted by Crippen LogP contribution is 2.22. The Morgan fingerprint density at radius 2 is 1.93 bits per heavy atom. The van der Waals surface area contributed by atoms with Gasteiger partial charge in [0, 0.05) is 32.4 Å². The highest BCUT2D eigenvalue weighted by molar-refractivity contribution is 5.97. The van der Waals surface area contributed by atoms with Crippen LogP contribution in [0, 0.1) is 0 Å². The van der Waals surface area contributed by atoms with Crippen molar-refractivity contribution in [3.05, 3.63) is 24.3 Å². The number of hydrogen-bond donors (Lipinski definition) is 1. The lowest BCUT2D eigenvalue weighted by molar-refractivity contribution is -0.136. The van der Waals surface area contributed by atoms with E-state index in [2.05, 4.69) is 17.1 Å². The van der Waals surface area contributed by atoms with Gasteiger partial charge in [-0.05, 0) is 44.0 Å². The van der Waals surface area contributed by atoms with Crippen molar-refractivity contribution in [3.8, 4) is 5.75 Å². The van der Waals surface area contributed by atoms with Gasteiger partial charge in [-0.15, -0.1) is 0 Å². The van der Waals surface area contributed by atoms with Crippen molar-refractivity contribution in [1.29, 1.82) is 0 Å². The number of carbonyl (C=O) groups is 1. The van der Waals surface area contributed by atoms with E-state index < -0.39 is 5.60 Å². The van der Waals surface area contributed by atoms with Gasteiger partial charge < -0.3 is 19.5 Å². The number of nitrogens with one attached hydrogen (secondary N) is 1. The first-order valence-corrected chi connectivity index (χ1v) is 9.97. The number of methoxy groups -OCH3 is 1. The van der Waals surface area contributed by atoms with Gasteiger partial charge in [0.05, 0.1) is 19.8 Å². The van der Waals surface area contributed by atoms with Crippen molar-refractivity contribution in [2.24, 2.45) is 0 Å². The number of nitrogens with zero attached hydrogens (tertiary/aromatic N) is 1. The van der Waals surface area contributed by atoms with Gasteiger partial charge in [-0.25, -0.2) is 0 Å². The summed E-state index contributed by atoms with van der Waals surface area (Å²) < 4.78 is 16.6. The fourth-order valence-electron chi connectivity index (χ4n) is 3.02. The summed E-state index contributed by atoms with van der Waals surface area (Å²) in [6.07, 6.45) is 3.68. The van der Waals surface area contributed by atoms with Gasteiger partial charge in [0.25, 0.3) is 5.91 Å². The number of carbonyl (C=O) groups excluding carboxylic acids is 1. The van der Waals surface area contributed by atoms with Crippen molar-refractivity contribution in [2.75, 3.05) is 51.9 Å². The highest BCUT2D eigenvalue weighted by atomic mass is 16.5. The van der Waals surface area contributed by atoms with E-state index in [1.165, 1.54) is 0 Å². The van der Waals surface area contributed by atoms with Crippen LogP contribution in [0.25, 0.3) is 0 Å². The Hall–Kier alpha value is -1.63. The normalized spacial score (nSPS) is 17.3. The van der Waals surface area contributed by atoms with Gasteiger partial charge >= 0.3 is 0 Å². The molecule has 0 aromatic heterocycles. The lowest BCUT2D eigenvalue weighted by Gasteiger charge is -2.26. The van der Waals surface area contributed by atoms with Crippen LogP contribution in [0.1, 0.15) is 39.5 Å². The third-order valence-corrected chi connectivity index (χ3v) is 5.04. The number of anilines is 1. The number of hydrogen-bond acceptors (Lipinski definition) is 5. The van der Waals surface area contributed by atoms with Crippen molar-refractivity contribution in [2.45, 2.75) is 45.1 Å². The molecule has 152 valence electrons. The Morgan fingerprint density at radius 3 is 2.56 bits per heavy atom. The molecule has 27 heavy (non-hydrogen) atoms. The predicted molar refractivity (Wildman–Crippen MR) is 107 cm³/mol. The third kappa shape index (κ3) is 7.13. The Bertz CT molecular complexity index is 558. The molecule has 1 saturated heterocycles. The minimum absolute atomic E-state index is 0.113. The van der Waals surface area contributed by atoms with Gasteiger partial charge in [-0.3, -0.25) is 9.69 Å². The molecule has 0 radical (unpaired) electrons. The fourth-order valence-corrected chi connectivity index (χ4v) is 3.02. The standard InChI is InChI=1S/C21H34N2O4/c1-4-5-11-21(2,25-3)20(24)22-18-7-9-19(10-8-18)27-15-6-12-23-13-16-26-17-14-23/h7-10H,4-6,11-17H2,1-3H3,(H,22,24)/t21-/m0/s1. The zero-order chi connectivity index (χ0) is 19.5. The first-order valence-electron chi connectivity index (χ1n) is 9.97. The number of ether oxygens (including phenoxy) is 3. The van der Waals surface area contributed by atoms with Crippen LogP contribution >= 0.6 is 0 Å². The summed E-state index contributed by atoms with van der Waals surface area (Å²) in [5.41, 5.74) is -0.0505. The number of benzene rings is 1. The maximum absolute atomic E-state index is 12.5. The molecule has 2 rings (SSSR count). The van der Waals surface area contributed by atoms with E-state index in [4.69, 9.17) is 14.2 Å². The Morgan fingerprint density at radius 1 is 1.22 bits per heavy atom. The molecule has 1 fully saturated rings. The largest absolute Gasteiger partial charge is 0.494 e. The second kappa shape index (κ2) is 11.3. The van der Waals surface area contributed by atoms with Crippen LogP contribution in [0.4, 0.5) is 5.69 Å². The summed E-state index contributed by atoms with van der Waals surface area (Å²) in [5.74, 6) is 0.702. The SMILES string of the molecule is CCCC[C@](C)(OC)C(=O)Nc1ccc(OCCCN2CCOCC2)cc1. The first kappa shape index (κ1) is 21.7. The van der Waals surface area contributed by atoms with Crippen LogP contribution in [-0.4, -0.2) is 63.0 Å². The molecule has 1 aliphatic rings. The molecular weight excluding hydrogens is 344 g/mol. The molecule has 1 N–H and O–H groups in total. The fraction of sp³-hybridized carbons (Fsp3) is 0.667. The lowest BCUT2D eigenvalue weighted by Crippen LogP contribution is -2.41. The number of unbranched alkanes of at least 4 members (excludes halogenated alkanes) is 1. The van der Waals surface area contributed by atoms with Gasteiger partial charge in [0.1, 0.15) is 11.4 Å². The second-order valence-corrected chi connectivity index (χ2v) is 7.17. The molecule has 0 saturated carbocycles. The van der Waals surface area contributed by atoms with Crippen LogP contribution in [0.3, 0.4) is 0 Å². The van der Waals surface area contributed by atoms with E-state index in [9.17, 15) is 4.79 Å². The van der Waals surface area contributed by atoms with Gasteiger partial charge in [0.2, 0.25) is 0 Å². The first-order chi connectivity index (χ1) is 13.1. The van der Waals surface area contributed by atoms with Gasteiger partial charge in [-0.2, -0.15) is 0 Å². The summed E-state index contributed by atoms with van der Waals surface area (Å²) in [5, 5.41) is 2.94. The smallest absolute Gasteiger partial charge is 0.256 e. The summed E-state index contributed by atoms with van der Waals surface area (Å²) in [6, 6.07) is 7.51. The topological polar surface area (TPSA) is 60.0 Å². The summed E-state index contributed by atoms with van der Waals surface area (Å²) in [7, 11) is 1.59. The molecule has 6 nitrogen and oxygen atoms in total. The third-order valence-electron chi connectivity index (χ3n) is 5.04. The molecule has 1 heterocycles. The van der Waals surface area contributed by atoms with E-state index in [1.807, 2.05) is 31.2 Å². The zero-order valence-electron chi connectivity index (χ0n) is 17.0. The summed E-state index contributed by atoms with van der Waals surface area (Å²) in [4.78, 5) is 14.9. The van der Waals surface area contributed by atoms with E-state index in [0.29, 0.717) is 13.0 Å². The van der Waals surface area contributed by atoms with E-state index in [0.717, 1.165) is 63.5 Å². The van der Waals surface area contributed by atoms with Crippen molar-refractivity contribution >= 4 is 11.6 Å². The van der Waals surface area contributed by atoms with E-state index in [1.54, 1.807) is 7.11 Å². The van der Waals surface area contributed by atoms with Gasteiger partial charge in [-0.1, -0.05) is 19.8 Å². The molecule has 0 bridgehead atoms. The second-order valence-electron chi connectivity index (χ2n) is 7.17. The van der Waals surface area contributed by atoms with E-state index in [-0.39, 0.29) is 5.91 Å². The lowest BCUT2D eigenvalue weighted by atomic mass is 9.97. The number of rotatable bonds is 11. The molecule has 6 heteroatoms. The average Bonchev–Trinajstić information content (AvgIpc) is 2.71. The molecule has 1 aromatic carbocycles. The molecule has 0 spiro atoms. The Kier molecular flexibility index (Phi) is 9.04. The van der Waals surface area contributed by atoms with E-state index >= 15 is 0 Å². The van der Waals surface area contributed by atoms with Crippen LogP contribution in [0.15, 0.2) is 24.3 Å². The minimum atomic E-state index is -0.801. The van der Waals surface area contributed by atoms with Gasteiger partial charge in [0.15, 0.2) is 0 Å². The number of amides is 1. The van der Waals surface area contributed by atoms with Crippen molar-refractivity contribution < 1.29 is 19.0 Å². The molecule has 0 unspecified atom stereocenters. The van der Waals surface area contributed by atoms with Crippen molar-refractivity contribution in [3.63, 3.8) is 0 Å². The molecule has 1 amide bonds. The van der Waals surface area contributed by atoms with Crippen LogP contribution < -0.4 is 10.1 Å². The van der Waals surface area contributed by atoms with Crippen molar-refractivity contribution in [1.82, 2.24) is 4.90 Å². The maximum Gasteiger partial charge on any atom is 0.256 e. The average molecular weight is 379 g/mol. The summed E-state index contributed by atoms with van der Waals surface area (Å²) >= 11 is 0. The minimum Gasteiger partial charge on any atom is -0.494 e. The quantitative estimate of drug-likeness (QED) is 0.599. The zero-order valence-corrected chi connectivity index (χ0v) is 17.0. The summed E-state index contributed by atoms with van der Waals surface area (Å²) in [6.45, 7) is 9.33. The maximum atomic E-state index is 12.5. The van der Waals surface area contributed by atoms with Crippen LogP contribution in [-0.2, 0) is 14.3 Å². The van der Waals surface area contributed by atoms with Crippen LogP contribution in [0.2, 0.25) is 0 Å². The highest BCUT2D eigenvalue weighted by Gasteiger charge is 2.32. The Labute approximate surface area is 163 Å². The molecule has 1 aromatic rings.